The Kier molecular flexibility index (Phi) is 3.35. The first kappa shape index (κ1) is 12.1. The summed E-state index contributed by atoms with van der Waals surface area (Å²) in [7, 11) is 0. The van der Waals surface area contributed by atoms with Gasteiger partial charge >= 0.3 is 0 Å². The second-order valence-corrected chi connectivity index (χ2v) is 5.87. The average molecular weight is 310 g/mol. The number of amides is 1. The molecule has 2 fully saturated rings. The number of halogens is 1. The molecule has 5 heteroatoms. The van der Waals surface area contributed by atoms with E-state index in [1.165, 1.54) is 0 Å². The van der Waals surface area contributed by atoms with Crippen molar-refractivity contribution < 1.29 is 4.79 Å². The van der Waals surface area contributed by atoms with E-state index < -0.39 is 0 Å². The van der Waals surface area contributed by atoms with E-state index in [-0.39, 0.29) is 5.91 Å². The van der Waals surface area contributed by atoms with Gasteiger partial charge in [-0.25, -0.2) is 4.98 Å². The third-order valence-electron chi connectivity index (χ3n) is 3.84. The van der Waals surface area contributed by atoms with Crippen LogP contribution in [-0.2, 0) is 0 Å². The van der Waals surface area contributed by atoms with Crippen molar-refractivity contribution in [3.05, 3.63) is 28.5 Å². The van der Waals surface area contributed by atoms with Crippen LogP contribution in [0.4, 0.5) is 0 Å². The van der Waals surface area contributed by atoms with E-state index >= 15 is 0 Å². The van der Waals surface area contributed by atoms with Gasteiger partial charge in [-0.2, -0.15) is 0 Å². The molecule has 3 rings (SSSR count). The third kappa shape index (κ3) is 2.17. The molecule has 2 saturated heterocycles. The van der Waals surface area contributed by atoms with Crippen LogP contribution in [0.2, 0.25) is 0 Å². The average Bonchev–Trinajstić information content (AvgIpc) is 2.63. The standard InChI is InChI=1S/C13H16BrN3O/c14-9-1-4-12(16-7-9)13(18)17-10-2-3-11(17)8-15-6-5-10/h1,4,7,10-11,15H,2-3,5-6,8H2. The van der Waals surface area contributed by atoms with Gasteiger partial charge in [0.05, 0.1) is 0 Å². The van der Waals surface area contributed by atoms with Crippen molar-refractivity contribution in [3.8, 4) is 0 Å². The maximum atomic E-state index is 12.5. The highest BCUT2D eigenvalue weighted by molar-refractivity contribution is 9.10. The molecule has 0 radical (unpaired) electrons. The van der Waals surface area contributed by atoms with E-state index in [4.69, 9.17) is 0 Å². The lowest BCUT2D eigenvalue weighted by molar-refractivity contribution is 0.0674. The van der Waals surface area contributed by atoms with E-state index in [1.807, 2.05) is 6.07 Å². The highest BCUT2D eigenvalue weighted by Crippen LogP contribution is 2.29. The second-order valence-electron chi connectivity index (χ2n) is 4.95. The first-order valence-electron chi connectivity index (χ1n) is 6.40. The lowest BCUT2D eigenvalue weighted by Gasteiger charge is -2.27. The Hall–Kier alpha value is -0.940. The molecular weight excluding hydrogens is 294 g/mol. The molecule has 96 valence electrons. The summed E-state index contributed by atoms with van der Waals surface area (Å²) in [5.74, 6) is 0.0821. The lowest BCUT2D eigenvalue weighted by Crippen LogP contribution is -2.42. The Balaban J connectivity index is 1.85. The van der Waals surface area contributed by atoms with Crippen molar-refractivity contribution in [2.45, 2.75) is 31.3 Å². The van der Waals surface area contributed by atoms with E-state index in [1.54, 1.807) is 12.3 Å². The maximum Gasteiger partial charge on any atom is 0.272 e. The smallest absolute Gasteiger partial charge is 0.272 e. The minimum absolute atomic E-state index is 0.0821. The van der Waals surface area contributed by atoms with Crippen LogP contribution in [0, 0.1) is 0 Å². The first-order chi connectivity index (χ1) is 8.75. The fraction of sp³-hybridized carbons (Fsp3) is 0.538. The fourth-order valence-corrected chi connectivity index (χ4v) is 3.18. The van der Waals surface area contributed by atoms with Crippen molar-refractivity contribution in [2.24, 2.45) is 0 Å². The highest BCUT2D eigenvalue weighted by Gasteiger charge is 2.38. The van der Waals surface area contributed by atoms with Crippen LogP contribution in [-0.4, -0.2) is 41.0 Å². The number of carbonyl (C=O) groups excluding carboxylic acids is 1. The van der Waals surface area contributed by atoms with Crippen molar-refractivity contribution in [1.82, 2.24) is 15.2 Å². The number of pyridine rings is 1. The van der Waals surface area contributed by atoms with Crippen molar-refractivity contribution >= 4 is 21.8 Å². The SMILES string of the molecule is O=C(c1ccc(Br)cn1)N1C2CCNCC1CC2. The predicted molar refractivity (Wildman–Crippen MR) is 72.4 cm³/mol. The Bertz CT molecular complexity index is 434. The van der Waals surface area contributed by atoms with Crippen LogP contribution in [0.1, 0.15) is 29.8 Å². The van der Waals surface area contributed by atoms with Gasteiger partial charge in [0.2, 0.25) is 0 Å². The number of hydrogen-bond acceptors (Lipinski definition) is 3. The third-order valence-corrected chi connectivity index (χ3v) is 4.30. The Morgan fingerprint density at radius 2 is 2.17 bits per heavy atom. The largest absolute Gasteiger partial charge is 0.330 e. The molecular formula is C13H16BrN3O. The lowest BCUT2D eigenvalue weighted by atomic mass is 10.1. The summed E-state index contributed by atoms with van der Waals surface area (Å²) in [5, 5.41) is 3.40. The second kappa shape index (κ2) is 4.97. The van der Waals surface area contributed by atoms with Crippen LogP contribution >= 0.6 is 15.9 Å². The van der Waals surface area contributed by atoms with Crippen LogP contribution in [0.3, 0.4) is 0 Å². The molecule has 4 nitrogen and oxygen atoms in total. The Morgan fingerprint density at radius 3 is 2.94 bits per heavy atom. The number of carbonyl (C=O) groups is 1. The van der Waals surface area contributed by atoms with Crippen LogP contribution < -0.4 is 5.32 Å². The fourth-order valence-electron chi connectivity index (χ4n) is 2.95. The molecule has 1 amide bonds. The van der Waals surface area contributed by atoms with Crippen molar-refractivity contribution in [2.75, 3.05) is 13.1 Å². The summed E-state index contributed by atoms with van der Waals surface area (Å²) >= 11 is 3.34. The zero-order valence-corrected chi connectivity index (χ0v) is 11.7. The highest BCUT2D eigenvalue weighted by atomic mass is 79.9. The van der Waals surface area contributed by atoms with Gasteiger partial charge in [-0.1, -0.05) is 0 Å². The Morgan fingerprint density at radius 1 is 1.33 bits per heavy atom. The molecule has 2 atom stereocenters. The van der Waals surface area contributed by atoms with Crippen LogP contribution in [0.5, 0.6) is 0 Å². The quantitative estimate of drug-likeness (QED) is 0.860. The summed E-state index contributed by atoms with van der Waals surface area (Å²) < 4.78 is 0.902. The summed E-state index contributed by atoms with van der Waals surface area (Å²) in [4.78, 5) is 18.8. The topological polar surface area (TPSA) is 45.2 Å². The first-order valence-corrected chi connectivity index (χ1v) is 7.20. The van der Waals surface area contributed by atoms with Crippen molar-refractivity contribution in [3.63, 3.8) is 0 Å². The van der Waals surface area contributed by atoms with Crippen LogP contribution in [0.15, 0.2) is 22.8 Å². The molecule has 2 aliphatic heterocycles. The molecule has 0 spiro atoms. The number of fused-ring (bicyclic) bond motifs is 2. The van der Waals surface area contributed by atoms with E-state index in [2.05, 4.69) is 31.1 Å². The number of aromatic nitrogens is 1. The predicted octanol–water partition coefficient (Wildman–Crippen LogP) is 1.81. The van der Waals surface area contributed by atoms with Gasteiger partial charge in [0, 0.05) is 29.3 Å². The molecule has 2 bridgehead atoms. The molecule has 18 heavy (non-hydrogen) atoms. The van der Waals surface area contributed by atoms with Gasteiger partial charge in [0.15, 0.2) is 0 Å². The number of nitrogens with one attached hydrogen (secondary N) is 1. The van der Waals surface area contributed by atoms with Gasteiger partial charge in [-0.3, -0.25) is 4.79 Å². The summed E-state index contributed by atoms with van der Waals surface area (Å²) in [6.45, 7) is 1.93. The normalized spacial score (nSPS) is 27.1. The van der Waals surface area contributed by atoms with Crippen LogP contribution in [0.25, 0.3) is 0 Å². The minimum Gasteiger partial charge on any atom is -0.330 e. The van der Waals surface area contributed by atoms with Gasteiger partial charge in [-0.15, -0.1) is 0 Å². The number of hydrogen-bond donors (Lipinski definition) is 1. The minimum atomic E-state index is 0.0821. The van der Waals surface area contributed by atoms with E-state index in [0.717, 1.165) is 36.8 Å². The van der Waals surface area contributed by atoms with E-state index in [9.17, 15) is 4.79 Å². The molecule has 2 unspecified atom stereocenters. The van der Waals surface area contributed by atoms with Gasteiger partial charge in [0.1, 0.15) is 5.69 Å². The van der Waals surface area contributed by atoms with Gasteiger partial charge in [-0.05, 0) is 53.9 Å². The maximum absolute atomic E-state index is 12.5. The molecule has 1 aromatic rings. The number of nitrogens with zero attached hydrogens (tertiary/aromatic N) is 2. The number of rotatable bonds is 1. The molecule has 0 aliphatic carbocycles. The Labute approximate surface area is 115 Å². The molecule has 1 N–H and O–H groups in total. The molecule has 2 aliphatic rings. The van der Waals surface area contributed by atoms with Gasteiger partial charge in [0.25, 0.3) is 5.91 Å². The zero-order chi connectivity index (χ0) is 12.5. The molecule has 3 heterocycles. The van der Waals surface area contributed by atoms with Gasteiger partial charge < -0.3 is 10.2 Å². The monoisotopic (exact) mass is 309 g/mol. The van der Waals surface area contributed by atoms with Crippen molar-refractivity contribution in [1.29, 1.82) is 0 Å². The van der Waals surface area contributed by atoms with E-state index in [0.29, 0.717) is 17.8 Å². The zero-order valence-electron chi connectivity index (χ0n) is 10.1. The molecule has 0 saturated carbocycles. The summed E-state index contributed by atoms with van der Waals surface area (Å²) in [6.07, 6.45) is 4.98. The molecule has 0 aromatic carbocycles. The summed E-state index contributed by atoms with van der Waals surface area (Å²) in [5.41, 5.74) is 0.553. The molecule has 1 aromatic heterocycles. The summed E-state index contributed by atoms with van der Waals surface area (Å²) in [6, 6.07) is 4.40.